The monoisotopic (exact) mass is 456 g/mol. The lowest BCUT2D eigenvalue weighted by Crippen LogP contribution is -2.21. The number of rotatable bonds is 6. The van der Waals surface area contributed by atoms with Crippen LogP contribution in [0.15, 0.2) is 41.6 Å². The first-order valence-corrected chi connectivity index (χ1v) is 10.2. The molecule has 152 valence electrons. The van der Waals surface area contributed by atoms with Crippen molar-refractivity contribution in [1.82, 2.24) is 9.97 Å². The van der Waals surface area contributed by atoms with Crippen molar-refractivity contribution in [3.05, 3.63) is 46.7 Å². The summed E-state index contributed by atoms with van der Waals surface area (Å²) in [4.78, 5) is 20.0. The molecule has 1 amide bonds. The third kappa shape index (κ3) is 4.85. The van der Waals surface area contributed by atoms with E-state index in [0.29, 0.717) is 20.9 Å². The molecule has 0 saturated carbocycles. The van der Waals surface area contributed by atoms with Gasteiger partial charge in [-0.2, -0.15) is 0 Å². The topological polar surface area (TPSA) is 134 Å². The minimum Gasteiger partial charge on any atom is -0.495 e. The maximum atomic E-state index is 12.2. The fourth-order valence-electron chi connectivity index (χ4n) is 2.49. The minimum absolute atomic E-state index is 0.0583. The molecule has 0 atom stereocenters. The van der Waals surface area contributed by atoms with Gasteiger partial charge in [0.2, 0.25) is 15.9 Å². The zero-order chi connectivity index (χ0) is 21.2. The quantitative estimate of drug-likeness (QED) is 0.581. The number of halogens is 2. The number of nitrogens with two attached hydrogens (primary N) is 1. The Kier molecular flexibility index (Phi) is 6.08. The van der Waals surface area contributed by atoms with Crippen LogP contribution in [0.1, 0.15) is 0 Å². The molecule has 0 spiro atoms. The van der Waals surface area contributed by atoms with Crippen molar-refractivity contribution in [2.75, 3.05) is 19.0 Å². The van der Waals surface area contributed by atoms with Crippen LogP contribution in [0.4, 0.5) is 5.69 Å². The third-order valence-electron chi connectivity index (χ3n) is 3.71. The van der Waals surface area contributed by atoms with E-state index in [2.05, 4.69) is 15.3 Å². The maximum absolute atomic E-state index is 12.2. The Morgan fingerprint density at radius 3 is 2.66 bits per heavy atom. The van der Waals surface area contributed by atoms with Gasteiger partial charge in [0.15, 0.2) is 6.61 Å². The second-order valence-corrected chi connectivity index (χ2v) is 8.08. The van der Waals surface area contributed by atoms with Gasteiger partial charge in [-0.05, 0) is 30.3 Å². The van der Waals surface area contributed by atoms with Crippen LogP contribution in [0, 0.1) is 0 Å². The molecular weight excluding hydrogens is 443 g/mol. The standard InChI is InChI=1S/C17H14Cl2N4O5S/c1-27-13-3-2-10(6-14(13)29(20,25)26)23-15(24)7-28-17-11-4-9(18)5-12(19)16(11)21-8-22-17/h2-6,8H,7H2,1H3,(H,23,24)(H2,20,25,26). The first-order chi connectivity index (χ1) is 13.7. The second-order valence-electron chi connectivity index (χ2n) is 5.71. The molecule has 12 heteroatoms. The number of benzene rings is 2. The Morgan fingerprint density at radius 2 is 1.97 bits per heavy atom. The van der Waals surface area contributed by atoms with Crippen molar-refractivity contribution in [1.29, 1.82) is 0 Å². The Morgan fingerprint density at radius 1 is 1.21 bits per heavy atom. The highest BCUT2D eigenvalue weighted by atomic mass is 35.5. The van der Waals surface area contributed by atoms with Crippen LogP contribution in [0.2, 0.25) is 10.0 Å². The molecule has 0 saturated heterocycles. The van der Waals surface area contributed by atoms with Crippen LogP contribution in [-0.4, -0.2) is 38.0 Å². The largest absolute Gasteiger partial charge is 0.495 e. The Labute approximate surface area is 175 Å². The summed E-state index contributed by atoms with van der Waals surface area (Å²) < 4.78 is 33.8. The second kappa shape index (κ2) is 8.37. The summed E-state index contributed by atoms with van der Waals surface area (Å²) in [6, 6.07) is 7.12. The van der Waals surface area contributed by atoms with Gasteiger partial charge in [-0.3, -0.25) is 4.79 Å². The van der Waals surface area contributed by atoms with Crippen molar-refractivity contribution in [3.63, 3.8) is 0 Å². The van der Waals surface area contributed by atoms with Crippen LogP contribution >= 0.6 is 23.2 Å². The Balaban J connectivity index is 1.77. The van der Waals surface area contributed by atoms with E-state index in [0.717, 1.165) is 0 Å². The zero-order valence-corrected chi connectivity index (χ0v) is 17.2. The number of hydrogen-bond acceptors (Lipinski definition) is 7. The van der Waals surface area contributed by atoms with E-state index in [1.807, 2.05) is 0 Å². The number of aromatic nitrogens is 2. The van der Waals surface area contributed by atoms with Crippen molar-refractivity contribution in [2.24, 2.45) is 5.14 Å². The van der Waals surface area contributed by atoms with Crippen molar-refractivity contribution < 1.29 is 22.7 Å². The molecule has 0 aliphatic carbocycles. The molecule has 3 aromatic rings. The number of ether oxygens (including phenoxy) is 2. The molecule has 0 unspecified atom stereocenters. The zero-order valence-electron chi connectivity index (χ0n) is 14.8. The fraction of sp³-hybridized carbons (Fsp3) is 0.118. The highest BCUT2D eigenvalue weighted by molar-refractivity contribution is 7.89. The normalized spacial score (nSPS) is 11.3. The van der Waals surface area contributed by atoms with Crippen molar-refractivity contribution >= 4 is 55.7 Å². The van der Waals surface area contributed by atoms with E-state index in [4.69, 9.17) is 37.8 Å². The number of sulfonamides is 1. The number of carbonyl (C=O) groups is 1. The molecule has 1 aromatic heterocycles. The van der Waals surface area contributed by atoms with E-state index in [1.54, 1.807) is 6.07 Å². The first-order valence-electron chi connectivity index (χ1n) is 7.92. The molecule has 3 N–H and O–H groups in total. The number of nitrogens with zero attached hydrogens (tertiary/aromatic N) is 2. The van der Waals surface area contributed by atoms with Crippen LogP contribution in [0.25, 0.3) is 10.9 Å². The van der Waals surface area contributed by atoms with Gasteiger partial charge >= 0.3 is 0 Å². The fourth-order valence-corrected chi connectivity index (χ4v) is 3.76. The SMILES string of the molecule is COc1ccc(NC(=O)COc2ncnc3c(Cl)cc(Cl)cc23)cc1S(N)(=O)=O. The van der Waals surface area contributed by atoms with Gasteiger partial charge in [0.05, 0.1) is 23.0 Å². The van der Waals surface area contributed by atoms with Gasteiger partial charge in [-0.25, -0.2) is 23.5 Å². The van der Waals surface area contributed by atoms with Crippen LogP contribution in [-0.2, 0) is 14.8 Å². The summed E-state index contributed by atoms with van der Waals surface area (Å²) in [5, 5.41) is 8.80. The number of carbonyl (C=O) groups excluding carboxylic acids is 1. The Bertz CT molecular complexity index is 1200. The van der Waals surface area contributed by atoms with E-state index >= 15 is 0 Å². The summed E-state index contributed by atoms with van der Waals surface area (Å²) in [7, 11) is -2.73. The third-order valence-corrected chi connectivity index (χ3v) is 5.15. The molecule has 0 bridgehead atoms. The molecule has 2 aromatic carbocycles. The number of amides is 1. The molecule has 29 heavy (non-hydrogen) atoms. The van der Waals surface area contributed by atoms with E-state index < -0.39 is 22.5 Å². The van der Waals surface area contributed by atoms with Crippen molar-refractivity contribution in [2.45, 2.75) is 4.90 Å². The van der Waals surface area contributed by atoms with E-state index in [9.17, 15) is 13.2 Å². The van der Waals surface area contributed by atoms with Gasteiger partial charge in [0.1, 0.15) is 17.0 Å². The van der Waals surface area contributed by atoms with Crippen LogP contribution in [0.3, 0.4) is 0 Å². The smallest absolute Gasteiger partial charge is 0.262 e. The molecule has 0 aliphatic heterocycles. The number of primary sulfonamides is 1. The van der Waals surface area contributed by atoms with E-state index in [-0.39, 0.29) is 22.2 Å². The van der Waals surface area contributed by atoms with Gasteiger partial charge in [-0.1, -0.05) is 23.2 Å². The average Bonchev–Trinajstić information content (AvgIpc) is 2.65. The molecule has 0 fully saturated rings. The summed E-state index contributed by atoms with van der Waals surface area (Å²) in [6.07, 6.45) is 1.25. The molecule has 1 heterocycles. The highest BCUT2D eigenvalue weighted by Crippen LogP contribution is 2.31. The van der Waals surface area contributed by atoms with Crippen LogP contribution in [0.5, 0.6) is 11.6 Å². The molecule has 0 aliphatic rings. The summed E-state index contributed by atoms with van der Waals surface area (Å²) in [6.45, 7) is -0.410. The van der Waals surface area contributed by atoms with Gasteiger partial charge < -0.3 is 14.8 Å². The minimum atomic E-state index is -4.04. The average molecular weight is 457 g/mol. The number of fused-ring (bicyclic) bond motifs is 1. The maximum Gasteiger partial charge on any atom is 0.262 e. The predicted octanol–water partition coefficient (Wildman–Crippen LogP) is 2.61. The summed E-state index contributed by atoms with van der Waals surface area (Å²) in [5.74, 6) is -0.382. The molecule has 0 radical (unpaired) electrons. The number of methoxy groups -OCH3 is 1. The van der Waals surface area contributed by atoms with E-state index in [1.165, 1.54) is 37.7 Å². The van der Waals surface area contributed by atoms with Gasteiger partial charge in [-0.15, -0.1) is 0 Å². The highest BCUT2D eigenvalue weighted by Gasteiger charge is 2.17. The Hall–Kier alpha value is -2.66. The first kappa shape index (κ1) is 21.1. The number of anilines is 1. The number of hydrogen-bond donors (Lipinski definition) is 2. The summed E-state index contributed by atoms with van der Waals surface area (Å²) in [5.41, 5.74) is 0.622. The molecular formula is C17H14Cl2N4O5S. The lowest BCUT2D eigenvalue weighted by atomic mass is 10.2. The van der Waals surface area contributed by atoms with Crippen molar-refractivity contribution in [3.8, 4) is 11.6 Å². The van der Waals surface area contributed by atoms with Gasteiger partial charge in [0, 0.05) is 10.7 Å². The van der Waals surface area contributed by atoms with Gasteiger partial charge in [0.25, 0.3) is 5.91 Å². The predicted molar refractivity (Wildman–Crippen MR) is 108 cm³/mol. The van der Waals surface area contributed by atoms with Crippen LogP contribution < -0.4 is 19.9 Å². The summed E-state index contributed by atoms with van der Waals surface area (Å²) >= 11 is 12.1. The molecule has 3 rings (SSSR count). The number of nitrogens with one attached hydrogen (secondary N) is 1. The molecule has 9 nitrogen and oxygen atoms in total. The lowest BCUT2D eigenvalue weighted by Gasteiger charge is -2.11. The lowest BCUT2D eigenvalue weighted by molar-refractivity contribution is -0.118.